The standard InChI is InChI=1S/C3H4N.BrH.Zn/c1-2-3-4;;/h1-2H2;1H;/q;;+1/p-1. The quantitative estimate of drug-likeness (QED) is 0.490. The van der Waals surface area contributed by atoms with Crippen molar-refractivity contribution < 1.29 is 15.2 Å². The first-order valence-electron chi connectivity index (χ1n) is 1.84. The van der Waals surface area contributed by atoms with Gasteiger partial charge in [0.15, 0.2) is 0 Å². The molecule has 0 saturated heterocycles. The van der Waals surface area contributed by atoms with E-state index in [1.807, 2.05) is 0 Å². The van der Waals surface area contributed by atoms with Crippen LogP contribution in [0.5, 0.6) is 0 Å². The Bertz CT molecular complexity index is 58.3. The van der Waals surface area contributed by atoms with Crippen LogP contribution in [0.2, 0.25) is 5.02 Å². The first-order chi connectivity index (χ1) is 2.91. The van der Waals surface area contributed by atoms with Crippen molar-refractivity contribution in [3.05, 3.63) is 0 Å². The molecule has 0 fully saturated rings. The van der Waals surface area contributed by atoms with Gasteiger partial charge in [0, 0.05) is 0 Å². The summed E-state index contributed by atoms with van der Waals surface area (Å²) < 4.78 is 0. The molecule has 0 N–H and O–H groups in total. The molecule has 0 heterocycles. The zero-order valence-electron chi connectivity index (χ0n) is 3.45. The van der Waals surface area contributed by atoms with Crippen molar-refractivity contribution in [2.24, 2.45) is 0 Å². The zero-order valence-corrected chi connectivity index (χ0v) is 8.00. The fraction of sp³-hybridized carbons (Fsp3) is 0.667. The summed E-state index contributed by atoms with van der Waals surface area (Å²) in [6, 6.07) is 2.09. The van der Waals surface area contributed by atoms with E-state index in [0.29, 0.717) is 0 Å². The minimum atomic E-state index is -0.340. The molecule has 30 valence electrons. The molecule has 0 unspecified atom stereocenters. The van der Waals surface area contributed by atoms with Crippen LogP contribution < -0.4 is 0 Å². The Hall–Kier alpha value is 0.593. The monoisotopic (exact) mass is 197 g/mol. The second-order valence-corrected chi connectivity index (χ2v) is 7.35. The van der Waals surface area contributed by atoms with Gasteiger partial charge in [-0.2, -0.15) is 0 Å². The van der Waals surface area contributed by atoms with Gasteiger partial charge in [-0.3, -0.25) is 0 Å². The van der Waals surface area contributed by atoms with Crippen LogP contribution in [-0.2, 0) is 15.2 Å². The van der Waals surface area contributed by atoms with Crippen LogP contribution in [0.15, 0.2) is 0 Å². The Labute approximate surface area is 51.7 Å². The molecule has 6 heavy (non-hydrogen) atoms. The van der Waals surface area contributed by atoms with E-state index in [2.05, 4.69) is 19.7 Å². The summed E-state index contributed by atoms with van der Waals surface area (Å²) in [6.07, 6.45) is 0.755. The number of nitrogens with zero attached hydrogens (tertiary/aromatic N) is 1. The average molecular weight is 199 g/mol. The van der Waals surface area contributed by atoms with Crippen LogP contribution in [-0.4, -0.2) is 0 Å². The molecule has 0 radical (unpaired) electrons. The second-order valence-electron chi connectivity index (χ2n) is 0.951. The molecule has 1 nitrogen and oxygen atoms in total. The van der Waals surface area contributed by atoms with E-state index in [0.717, 1.165) is 11.4 Å². The van der Waals surface area contributed by atoms with Crippen molar-refractivity contribution in [3.63, 3.8) is 0 Å². The van der Waals surface area contributed by atoms with E-state index in [1.54, 1.807) is 0 Å². The summed E-state index contributed by atoms with van der Waals surface area (Å²) in [6.45, 7) is 0. The molecule has 0 aromatic carbocycles. The molecule has 0 atom stereocenters. The molecule has 0 aromatic heterocycles. The Morgan fingerprint density at radius 2 is 2.50 bits per heavy atom. The molecule has 0 aromatic rings. The Kier molecular flexibility index (Phi) is 6.15. The van der Waals surface area contributed by atoms with E-state index in [1.165, 1.54) is 0 Å². The van der Waals surface area contributed by atoms with Crippen LogP contribution >= 0.6 is 13.6 Å². The first-order valence-corrected chi connectivity index (χ1v) is 10.9. The Balaban J connectivity index is 2.54. The molecule has 0 saturated carbocycles. The van der Waals surface area contributed by atoms with Gasteiger partial charge in [-0.25, -0.2) is 0 Å². The van der Waals surface area contributed by atoms with E-state index in [4.69, 9.17) is 5.26 Å². The van der Waals surface area contributed by atoms with Gasteiger partial charge in [0.1, 0.15) is 0 Å². The molecule has 0 aliphatic carbocycles. The number of rotatable bonds is 2. The summed E-state index contributed by atoms with van der Waals surface area (Å²) in [5.74, 6) is 0. The maximum absolute atomic E-state index is 7.96. The molecule has 0 rings (SSSR count). The van der Waals surface area contributed by atoms with Crippen LogP contribution in [0.25, 0.3) is 0 Å². The zero-order chi connectivity index (χ0) is 4.83. The van der Waals surface area contributed by atoms with Crippen LogP contribution in [0.3, 0.4) is 0 Å². The van der Waals surface area contributed by atoms with Crippen LogP contribution in [0.1, 0.15) is 6.42 Å². The van der Waals surface area contributed by atoms with Crippen molar-refractivity contribution in [2.45, 2.75) is 11.4 Å². The predicted octanol–water partition coefficient (Wildman–Crippen LogP) is 1.71. The van der Waals surface area contributed by atoms with Crippen molar-refractivity contribution in [1.29, 1.82) is 5.26 Å². The molecule has 3 heteroatoms. The van der Waals surface area contributed by atoms with Gasteiger partial charge in [-0.05, 0) is 0 Å². The van der Waals surface area contributed by atoms with Gasteiger partial charge in [0.2, 0.25) is 0 Å². The van der Waals surface area contributed by atoms with Crippen molar-refractivity contribution in [3.8, 4) is 6.07 Å². The SMILES string of the molecule is N#CC[CH2][Zn][Br]. The van der Waals surface area contributed by atoms with Gasteiger partial charge in [0.25, 0.3) is 0 Å². The third kappa shape index (κ3) is 4.59. The first kappa shape index (κ1) is 6.59. The molecule has 0 spiro atoms. The van der Waals surface area contributed by atoms with Crippen LogP contribution in [0, 0.1) is 11.3 Å². The molecular weight excluding hydrogens is 195 g/mol. The molecule has 0 amide bonds. The number of hydrogen-bond acceptors (Lipinski definition) is 1. The summed E-state index contributed by atoms with van der Waals surface area (Å²) in [4.78, 5) is 0. The van der Waals surface area contributed by atoms with Gasteiger partial charge < -0.3 is 0 Å². The number of hydrogen-bond donors (Lipinski definition) is 0. The predicted molar refractivity (Wildman–Crippen MR) is 24.0 cm³/mol. The maximum atomic E-state index is 7.96. The molecule has 0 aliphatic rings. The van der Waals surface area contributed by atoms with Gasteiger partial charge in [0.05, 0.1) is 0 Å². The summed E-state index contributed by atoms with van der Waals surface area (Å²) in [5, 5.41) is 9.11. The summed E-state index contributed by atoms with van der Waals surface area (Å²) >= 11 is 3.05. The second kappa shape index (κ2) is 5.59. The fourth-order valence-corrected chi connectivity index (χ4v) is 2.21. The summed E-state index contributed by atoms with van der Waals surface area (Å²) in [7, 11) is 0. The van der Waals surface area contributed by atoms with Gasteiger partial charge in [-0.1, -0.05) is 0 Å². The summed E-state index contributed by atoms with van der Waals surface area (Å²) in [5.41, 5.74) is 0. The number of halogens is 1. The van der Waals surface area contributed by atoms with E-state index in [9.17, 15) is 0 Å². The van der Waals surface area contributed by atoms with E-state index >= 15 is 0 Å². The normalized spacial score (nSPS) is 6.00. The molecule has 0 aliphatic heterocycles. The number of nitriles is 1. The molecule has 0 bridgehead atoms. The topological polar surface area (TPSA) is 23.8 Å². The van der Waals surface area contributed by atoms with Gasteiger partial charge in [-0.15, -0.1) is 0 Å². The minimum absolute atomic E-state index is 0.340. The fourth-order valence-electron chi connectivity index (χ4n) is 0.146. The van der Waals surface area contributed by atoms with E-state index in [-0.39, 0.29) is 15.2 Å². The Morgan fingerprint density at radius 1 is 1.83 bits per heavy atom. The third-order valence-corrected chi connectivity index (χ3v) is 4.64. The Morgan fingerprint density at radius 3 is 2.67 bits per heavy atom. The average Bonchev–Trinajstić information content (AvgIpc) is 1.61. The van der Waals surface area contributed by atoms with E-state index < -0.39 is 0 Å². The van der Waals surface area contributed by atoms with Gasteiger partial charge >= 0.3 is 51.6 Å². The third-order valence-electron chi connectivity index (χ3n) is 0.422. The van der Waals surface area contributed by atoms with Crippen molar-refractivity contribution >= 4 is 13.6 Å². The molecular formula is C3H4BrNZn. The van der Waals surface area contributed by atoms with Crippen molar-refractivity contribution in [2.75, 3.05) is 0 Å². The van der Waals surface area contributed by atoms with Crippen LogP contribution in [0.4, 0.5) is 0 Å². The van der Waals surface area contributed by atoms with Crippen molar-refractivity contribution in [1.82, 2.24) is 0 Å².